The fraction of sp³-hybridized carbons (Fsp3) is 0.276. The Morgan fingerprint density at radius 2 is 1.50 bits per heavy atom. The maximum absolute atomic E-state index is 13.0. The van der Waals surface area contributed by atoms with E-state index in [0.717, 1.165) is 37.0 Å². The van der Waals surface area contributed by atoms with Gasteiger partial charge in [-0.25, -0.2) is 4.79 Å². The van der Waals surface area contributed by atoms with Crippen LogP contribution in [-0.4, -0.2) is 17.5 Å². The van der Waals surface area contributed by atoms with Gasteiger partial charge in [-0.15, -0.1) is 0 Å². The van der Waals surface area contributed by atoms with E-state index >= 15 is 0 Å². The zero-order chi connectivity index (χ0) is 24.2. The second kappa shape index (κ2) is 13.5. The summed E-state index contributed by atoms with van der Waals surface area (Å²) < 4.78 is 0. The minimum absolute atomic E-state index is 0.117. The molecule has 0 saturated carbocycles. The highest BCUT2D eigenvalue weighted by Gasteiger charge is 2.17. The van der Waals surface area contributed by atoms with Gasteiger partial charge in [0.2, 0.25) is 0 Å². The van der Waals surface area contributed by atoms with E-state index in [1.54, 1.807) is 36.0 Å². The first-order valence-corrected chi connectivity index (χ1v) is 12.7. The van der Waals surface area contributed by atoms with Gasteiger partial charge in [0.15, 0.2) is 11.5 Å². The van der Waals surface area contributed by atoms with E-state index in [2.05, 4.69) is 37.2 Å². The van der Waals surface area contributed by atoms with Crippen molar-refractivity contribution in [1.29, 1.82) is 0 Å². The van der Waals surface area contributed by atoms with Gasteiger partial charge in [0, 0.05) is 21.8 Å². The monoisotopic (exact) mass is 473 g/mol. The summed E-state index contributed by atoms with van der Waals surface area (Å²) in [5.74, 6) is -0.700. The molecule has 0 saturated heterocycles. The average molecular weight is 474 g/mol. The molecule has 0 atom stereocenters. The SMILES string of the molecule is CCCCCCC(=O)C(=NOC(=O)c1ccccc1)c1ccc(Sc2ccccc2CC)cc1. The quantitative estimate of drug-likeness (QED) is 0.118. The summed E-state index contributed by atoms with van der Waals surface area (Å²) in [5, 5.41) is 4.02. The molecule has 3 aromatic rings. The topological polar surface area (TPSA) is 55.7 Å². The van der Waals surface area contributed by atoms with E-state index in [9.17, 15) is 9.59 Å². The molecular formula is C29H31NO3S. The molecule has 0 amide bonds. The number of Topliss-reactive ketones (excluding diaryl/α,β-unsaturated/α-hetero) is 1. The largest absolute Gasteiger partial charge is 0.365 e. The molecular weight excluding hydrogens is 442 g/mol. The van der Waals surface area contributed by atoms with E-state index in [-0.39, 0.29) is 11.5 Å². The number of aryl methyl sites for hydroxylation is 1. The molecule has 4 nitrogen and oxygen atoms in total. The molecule has 0 bridgehead atoms. The Morgan fingerprint density at radius 3 is 2.21 bits per heavy atom. The summed E-state index contributed by atoms with van der Waals surface area (Å²) in [6, 6.07) is 24.7. The third kappa shape index (κ3) is 7.42. The minimum Gasteiger partial charge on any atom is -0.312 e. The minimum atomic E-state index is -0.583. The fourth-order valence-electron chi connectivity index (χ4n) is 3.51. The molecule has 34 heavy (non-hydrogen) atoms. The van der Waals surface area contributed by atoms with E-state index in [4.69, 9.17) is 4.84 Å². The van der Waals surface area contributed by atoms with E-state index in [0.29, 0.717) is 17.5 Å². The van der Waals surface area contributed by atoms with Crippen molar-refractivity contribution in [2.24, 2.45) is 5.16 Å². The number of hydrogen-bond acceptors (Lipinski definition) is 5. The highest BCUT2D eigenvalue weighted by Crippen LogP contribution is 2.31. The van der Waals surface area contributed by atoms with Gasteiger partial charge in [-0.1, -0.05) is 98.6 Å². The van der Waals surface area contributed by atoms with Gasteiger partial charge in [-0.2, -0.15) is 0 Å². The maximum atomic E-state index is 13.0. The maximum Gasteiger partial charge on any atom is 0.365 e. The molecule has 0 radical (unpaired) electrons. The highest BCUT2D eigenvalue weighted by atomic mass is 32.2. The van der Waals surface area contributed by atoms with Gasteiger partial charge in [-0.3, -0.25) is 4.79 Å². The van der Waals surface area contributed by atoms with Gasteiger partial charge in [0.05, 0.1) is 5.56 Å². The third-order valence-electron chi connectivity index (χ3n) is 5.46. The van der Waals surface area contributed by atoms with Crippen LogP contribution in [0, 0.1) is 0 Å². The lowest BCUT2D eigenvalue weighted by Crippen LogP contribution is -2.17. The van der Waals surface area contributed by atoms with Crippen LogP contribution in [0.15, 0.2) is 93.8 Å². The molecule has 0 fully saturated rings. The number of unbranched alkanes of at least 4 members (excludes halogenated alkanes) is 3. The van der Waals surface area contributed by atoms with Crippen LogP contribution in [0.2, 0.25) is 0 Å². The second-order valence-corrected chi connectivity index (χ2v) is 9.12. The number of hydrogen-bond donors (Lipinski definition) is 0. The van der Waals surface area contributed by atoms with Crippen molar-refractivity contribution in [2.45, 2.75) is 62.2 Å². The number of nitrogens with zero attached hydrogens (tertiary/aromatic N) is 1. The molecule has 0 aliphatic rings. The van der Waals surface area contributed by atoms with Crippen molar-refractivity contribution in [3.63, 3.8) is 0 Å². The second-order valence-electron chi connectivity index (χ2n) is 8.01. The summed E-state index contributed by atoms with van der Waals surface area (Å²) in [4.78, 5) is 32.8. The van der Waals surface area contributed by atoms with Crippen LogP contribution in [0.25, 0.3) is 0 Å². The van der Waals surface area contributed by atoms with Crippen molar-refractivity contribution in [3.8, 4) is 0 Å². The predicted molar refractivity (Wildman–Crippen MR) is 139 cm³/mol. The average Bonchev–Trinajstić information content (AvgIpc) is 2.88. The third-order valence-corrected chi connectivity index (χ3v) is 6.59. The van der Waals surface area contributed by atoms with Crippen LogP contribution in [0.5, 0.6) is 0 Å². The molecule has 0 spiro atoms. The van der Waals surface area contributed by atoms with Crippen molar-refractivity contribution < 1.29 is 14.4 Å². The van der Waals surface area contributed by atoms with Crippen molar-refractivity contribution >= 4 is 29.2 Å². The van der Waals surface area contributed by atoms with Crippen molar-refractivity contribution in [2.75, 3.05) is 0 Å². The first-order chi connectivity index (χ1) is 16.6. The molecule has 0 unspecified atom stereocenters. The Kier molecular flexibility index (Phi) is 10.1. The number of carbonyl (C=O) groups is 2. The predicted octanol–water partition coefficient (Wildman–Crippen LogP) is 7.50. The number of benzene rings is 3. The molecule has 0 N–H and O–H groups in total. The van der Waals surface area contributed by atoms with Gasteiger partial charge in [0.1, 0.15) is 0 Å². The number of carbonyl (C=O) groups excluding carboxylic acids is 2. The molecule has 3 rings (SSSR count). The first-order valence-electron chi connectivity index (χ1n) is 11.9. The molecule has 0 aliphatic heterocycles. The number of oxime groups is 1. The van der Waals surface area contributed by atoms with Crippen LogP contribution >= 0.6 is 11.8 Å². The van der Waals surface area contributed by atoms with Crippen LogP contribution in [0.3, 0.4) is 0 Å². The molecule has 0 aliphatic carbocycles. The summed E-state index contributed by atoms with van der Waals surface area (Å²) in [6.45, 7) is 4.28. The lowest BCUT2D eigenvalue weighted by atomic mass is 10.0. The van der Waals surface area contributed by atoms with Crippen LogP contribution < -0.4 is 0 Å². The standard InChI is InChI=1S/C29H31NO3S/c1-3-5-6-10-16-26(31)28(30-33-29(32)24-14-8-7-9-15-24)23-18-20-25(21-19-23)34-27-17-12-11-13-22(27)4-2/h7-9,11-15,17-21H,3-6,10,16H2,1-2H3. The normalized spacial score (nSPS) is 11.3. The Hall–Kier alpha value is -3.18. The summed E-state index contributed by atoms with van der Waals surface area (Å²) >= 11 is 1.69. The van der Waals surface area contributed by atoms with Crippen molar-refractivity contribution in [1.82, 2.24) is 0 Å². The smallest absolute Gasteiger partial charge is 0.312 e. The Balaban J connectivity index is 1.78. The van der Waals surface area contributed by atoms with Gasteiger partial charge in [-0.05, 0) is 48.7 Å². The van der Waals surface area contributed by atoms with Crippen LogP contribution in [0.4, 0.5) is 0 Å². The lowest BCUT2D eigenvalue weighted by Gasteiger charge is -2.09. The molecule has 0 aromatic heterocycles. The van der Waals surface area contributed by atoms with E-state index in [1.807, 2.05) is 36.4 Å². The summed E-state index contributed by atoms with van der Waals surface area (Å²) in [6.07, 6.45) is 5.32. The first kappa shape index (κ1) is 25.4. The van der Waals surface area contributed by atoms with Gasteiger partial charge < -0.3 is 4.84 Å². The fourth-order valence-corrected chi connectivity index (χ4v) is 4.53. The van der Waals surface area contributed by atoms with Gasteiger partial charge in [0.25, 0.3) is 0 Å². The number of ketones is 1. The molecule has 5 heteroatoms. The van der Waals surface area contributed by atoms with Crippen LogP contribution in [-0.2, 0) is 16.1 Å². The Morgan fingerprint density at radius 1 is 0.794 bits per heavy atom. The summed E-state index contributed by atoms with van der Waals surface area (Å²) in [7, 11) is 0. The number of rotatable bonds is 12. The van der Waals surface area contributed by atoms with Crippen molar-refractivity contribution in [3.05, 3.63) is 95.6 Å². The zero-order valence-electron chi connectivity index (χ0n) is 19.8. The van der Waals surface area contributed by atoms with E-state index < -0.39 is 5.97 Å². The molecule has 0 heterocycles. The zero-order valence-corrected chi connectivity index (χ0v) is 20.6. The highest BCUT2D eigenvalue weighted by molar-refractivity contribution is 7.99. The molecule has 3 aromatic carbocycles. The summed E-state index contributed by atoms with van der Waals surface area (Å²) in [5.41, 5.74) is 2.53. The Bertz CT molecular complexity index is 1110. The van der Waals surface area contributed by atoms with Crippen LogP contribution in [0.1, 0.15) is 67.4 Å². The lowest BCUT2D eigenvalue weighted by molar-refractivity contribution is -0.113. The van der Waals surface area contributed by atoms with Gasteiger partial charge >= 0.3 is 5.97 Å². The van der Waals surface area contributed by atoms with E-state index in [1.165, 1.54) is 10.5 Å². The molecule has 176 valence electrons. The Labute approximate surface area is 206 Å².